The average molecular weight is 213 g/mol. The number of rotatable bonds is 4. The first-order chi connectivity index (χ1) is 7.00. The smallest absolute Gasteiger partial charge is 0.0191 e. The van der Waals surface area contributed by atoms with E-state index in [-0.39, 0.29) is 0 Å². The maximum atomic E-state index is 6.10. The summed E-state index contributed by atoms with van der Waals surface area (Å²) in [5.41, 5.74) is 6.10. The predicted molar refractivity (Wildman–Crippen MR) is 66.0 cm³/mol. The van der Waals surface area contributed by atoms with Gasteiger partial charge in [0.2, 0.25) is 0 Å². The molecule has 1 saturated heterocycles. The van der Waals surface area contributed by atoms with Gasteiger partial charge in [-0.1, -0.05) is 13.8 Å². The normalized spacial score (nSPS) is 22.6. The number of piperidine rings is 1. The molecule has 90 valence electrons. The van der Waals surface area contributed by atoms with Crippen molar-refractivity contribution < 1.29 is 0 Å². The zero-order valence-electron chi connectivity index (χ0n) is 10.7. The average Bonchev–Trinajstić information content (AvgIpc) is 2.18. The highest BCUT2D eigenvalue weighted by Crippen LogP contribution is 2.14. The van der Waals surface area contributed by atoms with Crippen molar-refractivity contribution in [3.05, 3.63) is 0 Å². The number of likely N-dealkylation sites (N-methyl/N-ethyl adjacent to an activating group) is 1. The molecule has 2 N–H and O–H groups in total. The molecule has 0 amide bonds. The van der Waals surface area contributed by atoms with Gasteiger partial charge in [0.25, 0.3) is 0 Å². The van der Waals surface area contributed by atoms with E-state index in [2.05, 4.69) is 37.7 Å². The van der Waals surface area contributed by atoms with E-state index in [9.17, 15) is 0 Å². The fourth-order valence-corrected chi connectivity index (χ4v) is 2.13. The van der Waals surface area contributed by atoms with Gasteiger partial charge >= 0.3 is 0 Å². The van der Waals surface area contributed by atoms with Crippen LogP contribution in [0.2, 0.25) is 0 Å². The summed E-state index contributed by atoms with van der Waals surface area (Å²) in [6.45, 7) is 7.89. The molecule has 1 heterocycles. The topological polar surface area (TPSA) is 32.5 Å². The van der Waals surface area contributed by atoms with Crippen molar-refractivity contribution in [3.63, 3.8) is 0 Å². The molecule has 3 nitrogen and oxygen atoms in total. The Morgan fingerprint density at radius 3 is 2.33 bits per heavy atom. The molecule has 1 unspecified atom stereocenters. The third-order valence-electron chi connectivity index (χ3n) is 3.67. The van der Waals surface area contributed by atoms with Crippen LogP contribution < -0.4 is 5.73 Å². The molecule has 0 aromatic rings. The minimum Gasteiger partial charge on any atom is -0.326 e. The van der Waals surface area contributed by atoms with Crippen LogP contribution in [0.5, 0.6) is 0 Å². The maximum absolute atomic E-state index is 6.10. The molecule has 15 heavy (non-hydrogen) atoms. The van der Waals surface area contributed by atoms with Crippen molar-refractivity contribution in [1.82, 2.24) is 9.80 Å². The number of hydrogen-bond donors (Lipinski definition) is 1. The summed E-state index contributed by atoms with van der Waals surface area (Å²) >= 11 is 0. The van der Waals surface area contributed by atoms with Crippen LogP contribution in [0, 0.1) is 5.92 Å². The lowest BCUT2D eigenvalue weighted by Gasteiger charge is -2.36. The van der Waals surface area contributed by atoms with E-state index >= 15 is 0 Å². The Morgan fingerprint density at radius 2 is 1.87 bits per heavy atom. The second-order valence-electron chi connectivity index (χ2n) is 5.38. The lowest BCUT2D eigenvalue weighted by atomic mass is 10.0. The Labute approximate surface area is 94.6 Å². The van der Waals surface area contributed by atoms with Crippen LogP contribution in [0.15, 0.2) is 0 Å². The molecule has 1 aliphatic heterocycles. The Morgan fingerprint density at radius 1 is 1.33 bits per heavy atom. The quantitative estimate of drug-likeness (QED) is 0.756. The largest absolute Gasteiger partial charge is 0.326 e. The van der Waals surface area contributed by atoms with Crippen LogP contribution in [0.3, 0.4) is 0 Å². The van der Waals surface area contributed by atoms with Gasteiger partial charge in [0.15, 0.2) is 0 Å². The Bertz CT molecular complexity index is 174. The van der Waals surface area contributed by atoms with E-state index in [0.717, 1.165) is 12.6 Å². The summed E-state index contributed by atoms with van der Waals surface area (Å²) in [4.78, 5) is 4.87. The lowest BCUT2D eigenvalue weighted by Crippen LogP contribution is -2.47. The monoisotopic (exact) mass is 213 g/mol. The first-order valence-electron chi connectivity index (χ1n) is 6.15. The third-order valence-corrected chi connectivity index (χ3v) is 3.67. The van der Waals surface area contributed by atoms with E-state index in [0.29, 0.717) is 12.0 Å². The first kappa shape index (κ1) is 12.9. The van der Waals surface area contributed by atoms with E-state index in [1.165, 1.54) is 25.9 Å². The fourth-order valence-electron chi connectivity index (χ4n) is 2.13. The summed E-state index contributed by atoms with van der Waals surface area (Å²) in [5.74, 6) is 0.582. The minimum absolute atomic E-state index is 0.314. The van der Waals surface area contributed by atoms with Crippen molar-refractivity contribution in [3.8, 4) is 0 Å². The van der Waals surface area contributed by atoms with Gasteiger partial charge in [-0.25, -0.2) is 0 Å². The molecule has 0 saturated carbocycles. The molecule has 0 aromatic heterocycles. The maximum Gasteiger partial charge on any atom is 0.0191 e. The van der Waals surface area contributed by atoms with Crippen LogP contribution in [0.25, 0.3) is 0 Å². The van der Waals surface area contributed by atoms with Crippen LogP contribution in [0.1, 0.15) is 26.7 Å². The summed E-state index contributed by atoms with van der Waals surface area (Å²) in [6.07, 6.45) is 2.58. The molecule has 0 bridgehead atoms. The molecule has 0 radical (unpaired) electrons. The SMILES string of the molecule is CC(C)C(N)CN(C)C1CCN(C)CC1. The second-order valence-corrected chi connectivity index (χ2v) is 5.38. The molecular formula is C12H27N3. The van der Waals surface area contributed by atoms with E-state index < -0.39 is 0 Å². The highest BCUT2D eigenvalue weighted by molar-refractivity contribution is 4.79. The van der Waals surface area contributed by atoms with Gasteiger partial charge in [0.1, 0.15) is 0 Å². The number of hydrogen-bond acceptors (Lipinski definition) is 3. The van der Waals surface area contributed by atoms with Crippen molar-refractivity contribution in [1.29, 1.82) is 0 Å². The van der Waals surface area contributed by atoms with Gasteiger partial charge in [-0.15, -0.1) is 0 Å². The second kappa shape index (κ2) is 5.83. The van der Waals surface area contributed by atoms with Crippen LogP contribution >= 0.6 is 0 Å². The molecule has 1 rings (SSSR count). The van der Waals surface area contributed by atoms with Gasteiger partial charge in [-0.3, -0.25) is 0 Å². The summed E-state index contributed by atoms with van der Waals surface area (Å²) in [5, 5.41) is 0. The van der Waals surface area contributed by atoms with Crippen molar-refractivity contribution >= 4 is 0 Å². The van der Waals surface area contributed by atoms with E-state index in [1.807, 2.05) is 0 Å². The molecule has 1 aliphatic rings. The summed E-state index contributed by atoms with van der Waals surface area (Å²) < 4.78 is 0. The number of nitrogens with two attached hydrogens (primary N) is 1. The first-order valence-corrected chi connectivity index (χ1v) is 6.15. The van der Waals surface area contributed by atoms with Gasteiger partial charge in [0.05, 0.1) is 0 Å². The zero-order chi connectivity index (χ0) is 11.4. The molecular weight excluding hydrogens is 186 g/mol. The van der Waals surface area contributed by atoms with Crippen LogP contribution in [0.4, 0.5) is 0 Å². The molecule has 1 fully saturated rings. The molecule has 0 aromatic carbocycles. The Hall–Kier alpha value is -0.120. The fraction of sp³-hybridized carbons (Fsp3) is 1.00. The minimum atomic E-state index is 0.314. The Balaban J connectivity index is 2.30. The number of likely N-dealkylation sites (tertiary alicyclic amines) is 1. The Kier molecular flexibility index (Phi) is 5.03. The van der Waals surface area contributed by atoms with Crippen molar-refractivity contribution in [2.75, 3.05) is 33.7 Å². The van der Waals surface area contributed by atoms with Crippen molar-refractivity contribution in [2.24, 2.45) is 11.7 Å². The van der Waals surface area contributed by atoms with E-state index in [1.54, 1.807) is 0 Å². The van der Waals surface area contributed by atoms with Gasteiger partial charge in [-0.05, 0) is 45.9 Å². The molecule has 0 spiro atoms. The third kappa shape index (κ3) is 4.09. The van der Waals surface area contributed by atoms with Gasteiger partial charge in [-0.2, -0.15) is 0 Å². The van der Waals surface area contributed by atoms with E-state index in [4.69, 9.17) is 5.73 Å². The standard InChI is InChI=1S/C12H27N3/c1-10(2)12(13)9-15(4)11-5-7-14(3)8-6-11/h10-12H,5-9,13H2,1-4H3. The lowest BCUT2D eigenvalue weighted by molar-refractivity contribution is 0.133. The zero-order valence-corrected chi connectivity index (χ0v) is 10.7. The summed E-state index contributed by atoms with van der Waals surface area (Å²) in [6, 6.07) is 1.06. The van der Waals surface area contributed by atoms with Gasteiger partial charge in [0, 0.05) is 18.6 Å². The number of nitrogens with zero attached hydrogens (tertiary/aromatic N) is 2. The predicted octanol–water partition coefficient (Wildman–Crippen LogP) is 0.996. The molecule has 3 heteroatoms. The molecule has 1 atom stereocenters. The summed E-state index contributed by atoms with van der Waals surface area (Å²) in [7, 11) is 4.42. The highest BCUT2D eigenvalue weighted by atomic mass is 15.2. The van der Waals surface area contributed by atoms with Crippen LogP contribution in [-0.2, 0) is 0 Å². The van der Waals surface area contributed by atoms with Crippen molar-refractivity contribution in [2.45, 2.75) is 38.8 Å². The molecule has 0 aliphatic carbocycles. The van der Waals surface area contributed by atoms with Crippen LogP contribution in [-0.4, -0.2) is 55.6 Å². The van der Waals surface area contributed by atoms with Gasteiger partial charge < -0.3 is 15.5 Å². The highest BCUT2D eigenvalue weighted by Gasteiger charge is 2.22.